The smallest absolute Gasteiger partial charge is 0.241 e. The highest BCUT2D eigenvalue weighted by Crippen LogP contribution is 2.18. The van der Waals surface area contributed by atoms with Gasteiger partial charge in [-0.25, -0.2) is 8.78 Å². The molecule has 74 valence electrons. The minimum atomic E-state index is -1.03. The first-order valence-corrected chi connectivity index (χ1v) is 3.72. The summed E-state index contributed by atoms with van der Waals surface area (Å²) in [4.78, 5) is 10.4. The molecule has 0 saturated heterocycles. The molecule has 14 heavy (non-hydrogen) atoms. The van der Waals surface area contributed by atoms with Crippen LogP contribution in [-0.4, -0.2) is 5.91 Å². The van der Waals surface area contributed by atoms with Gasteiger partial charge in [-0.3, -0.25) is 4.79 Å². The van der Waals surface area contributed by atoms with Crippen molar-refractivity contribution in [1.29, 1.82) is 0 Å². The third kappa shape index (κ3) is 2.29. The number of primary amides is 1. The number of nitrogens with two attached hydrogens (primary N) is 2. The van der Waals surface area contributed by atoms with Gasteiger partial charge < -0.3 is 11.5 Å². The van der Waals surface area contributed by atoms with E-state index in [0.29, 0.717) is 0 Å². The van der Waals surface area contributed by atoms with E-state index in [-0.39, 0.29) is 11.3 Å². The van der Waals surface area contributed by atoms with Gasteiger partial charge in [0.25, 0.3) is 0 Å². The monoisotopic (exact) mass is 198 g/mol. The van der Waals surface area contributed by atoms with Gasteiger partial charge in [-0.1, -0.05) is 0 Å². The van der Waals surface area contributed by atoms with E-state index in [0.717, 1.165) is 18.2 Å². The van der Waals surface area contributed by atoms with Crippen molar-refractivity contribution in [1.82, 2.24) is 0 Å². The van der Waals surface area contributed by atoms with E-state index in [1.165, 1.54) is 6.08 Å². The maximum Gasteiger partial charge on any atom is 0.241 e. The molecule has 0 saturated carbocycles. The third-order valence-electron chi connectivity index (χ3n) is 1.55. The van der Waals surface area contributed by atoms with Gasteiger partial charge in [-0.15, -0.1) is 0 Å². The highest BCUT2D eigenvalue weighted by atomic mass is 19.2. The minimum Gasteiger partial charge on any atom is -0.398 e. The number of halogens is 2. The summed E-state index contributed by atoms with van der Waals surface area (Å²) in [5, 5.41) is 0. The van der Waals surface area contributed by atoms with E-state index >= 15 is 0 Å². The number of anilines is 1. The third-order valence-corrected chi connectivity index (χ3v) is 1.55. The second kappa shape index (κ2) is 3.87. The van der Waals surface area contributed by atoms with Gasteiger partial charge in [0, 0.05) is 23.4 Å². The van der Waals surface area contributed by atoms with E-state index in [2.05, 4.69) is 0 Å². The Labute approximate surface area is 79.0 Å². The van der Waals surface area contributed by atoms with Crippen LogP contribution < -0.4 is 11.5 Å². The molecule has 0 aliphatic rings. The van der Waals surface area contributed by atoms with E-state index in [1.807, 2.05) is 0 Å². The van der Waals surface area contributed by atoms with Gasteiger partial charge in [0.15, 0.2) is 11.6 Å². The van der Waals surface area contributed by atoms with Crippen LogP contribution in [0.15, 0.2) is 18.2 Å². The summed E-state index contributed by atoms with van der Waals surface area (Å²) in [5.41, 5.74) is 10.4. The minimum absolute atomic E-state index is 0.0430. The Morgan fingerprint density at radius 2 is 1.86 bits per heavy atom. The van der Waals surface area contributed by atoms with Crippen LogP contribution in [0.5, 0.6) is 0 Å². The number of hydrogen-bond acceptors (Lipinski definition) is 2. The molecule has 1 aromatic rings. The summed E-state index contributed by atoms with van der Waals surface area (Å²) in [7, 11) is 0. The summed E-state index contributed by atoms with van der Waals surface area (Å²) in [6, 6.07) is 1.74. The molecule has 5 heteroatoms. The lowest BCUT2D eigenvalue weighted by atomic mass is 10.1. The molecule has 0 aromatic heterocycles. The molecule has 1 rings (SSSR count). The summed E-state index contributed by atoms with van der Waals surface area (Å²) in [6.45, 7) is 0. The molecule has 0 heterocycles. The van der Waals surface area contributed by atoms with Crippen molar-refractivity contribution in [2.75, 3.05) is 5.73 Å². The van der Waals surface area contributed by atoms with E-state index in [9.17, 15) is 13.6 Å². The molecule has 1 amide bonds. The Bertz CT molecular complexity index is 402. The fourth-order valence-electron chi connectivity index (χ4n) is 0.894. The van der Waals surface area contributed by atoms with Crippen LogP contribution in [0.2, 0.25) is 0 Å². The Morgan fingerprint density at radius 3 is 2.43 bits per heavy atom. The highest BCUT2D eigenvalue weighted by molar-refractivity contribution is 5.91. The number of amides is 1. The number of hydrogen-bond donors (Lipinski definition) is 2. The first-order chi connectivity index (χ1) is 6.50. The molecule has 0 aliphatic heterocycles. The summed E-state index contributed by atoms with van der Waals surface area (Å²) in [5.74, 6) is -2.74. The number of nitrogen functional groups attached to an aromatic ring is 1. The van der Waals surface area contributed by atoms with Crippen LogP contribution in [0.4, 0.5) is 14.5 Å². The zero-order valence-electron chi connectivity index (χ0n) is 7.13. The summed E-state index contributed by atoms with van der Waals surface area (Å²) in [6.07, 6.45) is 2.24. The molecule has 3 nitrogen and oxygen atoms in total. The number of carbonyl (C=O) groups excluding carboxylic acids is 1. The Morgan fingerprint density at radius 1 is 1.29 bits per heavy atom. The molecule has 0 spiro atoms. The second-order valence-corrected chi connectivity index (χ2v) is 2.63. The second-order valence-electron chi connectivity index (χ2n) is 2.63. The Hall–Kier alpha value is -1.91. The van der Waals surface area contributed by atoms with Gasteiger partial charge in [0.2, 0.25) is 5.91 Å². The van der Waals surface area contributed by atoms with Crippen molar-refractivity contribution in [3.05, 3.63) is 35.4 Å². The molecule has 0 atom stereocenters. The molecule has 0 unspecified atom stereocenters. The largest absolute Gasteiger partial charge is 0.398 e. The lowest BCUT2D eigenvalue weighted by Gasteiger charge is -2.00. The van der Waals surface area contributed by atoms with Crippen LogP contribution in [0, 0.1) is 11.6 Å². The highest BCUT2D eigenvalue weighted by Gasteiger charge is 2.05. The van der Waals surface area contributed by atoms with E-state index < -0.39 is 17.5 Å². The maximum atomic E-state index is 12.7. The Kier molecular flexibility index (Phi) is 2.81. The molecule has 4 N–H and O–H groups in total. The van der Waals surface area contributed by atoms with Crippen molar-refractivity contribution in [2.24, 2.45) is 5.73 Å². The quantitative estimate of drug-likeness (QED) is 0.550. The van der Waals surface area contributed by atoms with Gasteiger partial charge in [0.05, 0.1) is 0 Å². The van der Waals surface area contributed by atoms with Crippen molar-refractivity contribution >= 4 is 17.7 Å². The fraction of sp³-hybridized carbons (Fsp3) is 0. The molecule has 1 aromatic carbocycles. The van der Waals surface area contributed by atoms with Gasteiger partial charge in [-0.2, -0.15) is 0 Å². The topological polar surface area (TPSA) is 69.1 Å². The lowest BCUT2D eigenvalue weighted by molar-refractivity contribution is -0.113. The van der Waals surface area contributed by atoms with Crippen molar-refractivity contribution in [3.8, 4) is 0 Å². The molecule has 0 fully saturated rings. The number of benzene rings is 1. The van der Waals surface area contributed by atoms with Gasteiger partial charge in [0.1, 0.15) is 0 Å². The number of rotatable bonds is 2. The average molecular weight is 198 g/mol. The normalized spacial score (nSPS) is 10.7. The predicted octanol–water partition coefficient (Wildman–Crippen LogP) is 1.05. The Balaban J connectivity index is 3.10. The fourth-order valence-corrected chi connectivity index (χ4v) is 0.894. The molecular formula is C9H8F2N2O. The summed E-state index contributed by atoms with van der Waals surface area (Å²) >= 11 is 0. The zero-order chi connectivity index (χ0) is 10.7. The van der Waals surface area contributed by atoms with Crippen LogP contribution in [0.3, 0.4) is 0 Å². The van der Waals surface area contributed by atoms with Crippen molar-refractivity contribution < 1.29 is 13.6 Å². The lowest BCUT2D eigenvalue weighted by Crippen LogP contribution is -2.05. The molecule has 0 radical (unpaired) electrons. The van der Waals surface area contributed by atoms with Crippen LogP contribution in [-0.2, 0) is 4.79 Å². The van der Waals surface area contributed by atoms with Crippen molar-refractivity contribution in [3.63, 3.8) is 0 Å². The first kappa shape index (κ1) is 10.2. The first-order valence-electron chi connectivity index (χ1n) is 3.72. The van der Waals surface area contributed by atoms with Crippen molar-refractivity contribution in [2.45, 2.75) is 0 Å². The number of carbonyl (C=O) groups is 1. The van der Waals surface area contributed by atoms with Crippen LogP contribution >= 0.6 is 0 Å². The maximum absolute atomic E-state index is 12.7. The standard InChI is InChI=1S/C9H8F2N2O/c10-6-3-5(1-2-9(13)14)8(12)4-7(6)11/h1-4H,12H2,(H2,13,14). The zero-order valence-corrected chi connectivity index (χ0v) is 7.13. The van der Waals surface area contributed by atoms with E-state index in [1.54, 1.807) is 0 Å². The molecular weight excluding hydrogens is 190 g/mol. The summed E-state index contributed by atoms with van der Waals surface area (Å²) < 4.78 is 25.3. The van der Waals surface area contributed by atoms with Crippen LogP contribution in [0.1, 0.15) is 5.56 Å². The van der Waals surface area contributed by atoms with Gasteiger partial charge >= 0.3 is 0 Å². The SMILES string of the molecule is NC(=O)C=Cc1cc(F)c(F)cc1N. The molecule has 0 bridgehead atoms. The molecule has 0 aliphatic carbocycles. The van der Waals surface area contributed by atoms with Gasteiger partial charge in [-0.05, 0) is 12.1 Å². The predicted molar refractivity (Wildman–Crippen MR) is 49.0 cm³/mol. The average Bonchev–Trinajstić information content (AvgIpc) is 2.09. The van der Waals surface area contributed by atoms with Crippen LogP contribution in [0.25, 0.3) is 6.08 Å². The van der Waals surface area contributed by atoms with E-state index in [4.69, 9.17) is 11.5 Å².